The number of halogens is 3. The Bertz CT molecular complexity index is 913. The fourth-order valence-corrected chi connectivity index (χ4v) is 3.19. The number of benzene rings is 1. The number of nitrogens with one attached hydrogen (secondary N) is 1. The van der Waals surface area contributed by atoms with Crippen LogP contribution < -0.4 is 10.5 Å². The number of alkyl halides is 3. The SMILES string of the molecule is Cc1ccc(C)c(N2CCN(C(=O)c3cc(C(F)(F)F)c[nH]c3=O)CC2)c1. The number of amides is 1. The summed E-state index contributed by atoms with van der Waals surface area (Å²) in [7, 11) is 0. The van der Waals surface area contributed by atoms with E-state index in [0.717, 1.165) is 16.8 Å². The standard InChI is InChI=1S/C19H20F3N3O2/c1-12-3-4-13(2)16(9-12)24-5-7-25(8-6-24)18(27)15-10-14(19(20,21)22)11-23-17(15)26/h3-4,9-11H,5-8H2,1-2H3,(H,23,26). The molecule has 1 aliphatic heterocycles. The summed E-state index contributed by atoms with van der Waals surface area (Å²) in [6.45, 7) is 5.78. The highest BCUT2D eigenvalue weighted by Gasteiger charge is 2.33. The molecule has 2 aromatic rings. The van der Waals surface area contributed by atoms with Gasteiger partial charge in [0.05, 0.1) is 5.56 Å². The smallest absolute Gasteiger partial charge is 0.368 e. The van der Waals surface area contributed by atoms with Crippen LogP contribution in [0.1, 0.15) is 27.0 Å². The van der Waals surface area contributed by atoms with E-state index in [1.54, 1.807) is 0 Å². The molecule has 0 unspecified atom stereocenters. The largest absolute Gasteiger partial charge is 0.417 e. The van der Waals surface area contributed by atoms with Crippen molar-refractivity contribution in [1.82, 2.24) is 9.88 Å². The van der Waals surface area contributed by atoms with Gasteiger partial charge in [-0.05, 0) is 37.1 Å². The second-order valence-corrected chi connectivity index (χ2v) is 6.70. The molecule has 1 aromatic carbocycles. The number of carbonyl (C=O) groups excluding carboxylic acids is 1. The lowest BCUT2D eigenvalue weighted by atomic mass is 10.1. The number of H-pyrrole nitrogens is 1. The highest BCUT2D eigenvalue weighted by Crippen LogP contribution is 2.28. The summed E-state index contributed by atoms with van der Waals surface area (Å²) in [6.07, 6.45) is -4.04. The third-order valence-corrected chi connectivity index (χ3v) is 4.73. The molecule has 1 saturated heterocycles. The van der Waals surface area contributed by atoms with Gasteiger partial charge in [0, 0.05) is 38.1 Å². The summed E-state index contributed by atoms with van der Waals surface area (Å²) in [5.74, 6) is -0.678. The van der Waals surface area contributed by atoms with Gasteiger partial charge in [-0.2, -0.15) is 13.2 Å². The third-order valence-electron chi connectivity index (χ3n) is 4.73. The van der Waals surface area contributed by atoms with Gasteiger partial charge in [-0.3, -0.25) is 9.59 Å². The predicted octanol–water partition coefficient (Wildman–Crippen LogP) is 2.97. The summed E-state index contributed by atoms with van der Waals surface area (Å²) in [6, 6.07) is 6.76. The number of hydrogen-bond donors (Lipinski definition) is 1. The van der Waals surface area contributed by atoms with Crippen LogP contribution in [0.15, 0.2) is 35.3 Å². The minimum Gasteiger partial charge on any atom is -0.368 e. The Kier molecular flexibility index (Phi) is 4.99. The van der Waals surface area contributed by atoms with Gasteiger partial charge >= 0.3 is 6.18 Å². The van der Waals surface area contributed by atoms with E-state index in [4.69, 9.17) is 0 Å². The van der Waals surface area contributed by atoms with E-state index in [9.17, 15) is 22.8 Å². The normalized spacial score (nSPS) is 15.1. The van der Waals surface area contributed by atoms with Gasteiger partial charge in [0.15, 0.2) is 0 Å². The Morgan fingerprint density at radius 1 is 1.07 bits per heavy atom. The maximum Gasteiger partial charge on any atom is 0.417 e. The van der Waals surface area contributed by atoms with Crippen molar-refractivity contribution >= 4 is 11.6 Å². The molecule has 5 nitrogen and oxygen atoms in total. The van der Waals surface area contributed by atoms with Gasteiger partial charge in [-0.15, -0.1) is 0 Å². The van der Waals surface area contributed by atoms with Crippen LogP contribution in [0.25, 0.3) is 0 Å². The molecular weight excluding hydrogens is 359 g/mol. The number of hydrogen-bond acceptors (Lipinski definition) is 3. The lowest BCUT2D eigenvalue weighted by Gasteiger charge is -2.37. The molecule has 0 saturated carbocycles. The van der Waals surface area contributed by atoms with Crippen molar-refractivity contribution in [3.63, 3.8) is 0 Å². The van der Waals surface area contributed by atoms with E-state index < -0.39 is 28.8 Å². The summed E-state index contributed by atoms with van der Waals surface area (Å²) in [5.41, 5.74) is 0.993. The number of pyridine rings is 1. The molecule has 144 valence electrons. The van der Waals surface area contributed by atoms with Crippen LogP contribution in [-0.2, 0) is 6.18 Å². The Labute approximate surface area is 154 Å². The van der Waals surface area contributed by atoms with Crippen molar-refractivity contribution in [2.75, 3.05) is 31.1 Å². The minimum absolute atomic E-state index is 0.335. The number of rotatable bonds is 2. The molecule has 0 spiro atoms. The molecular formula is C19H20F3N3O2. The van der Waals surface area contributed by atoms with Gasteiger partial charge in [0.2, 0.25) is 0 Å². The maximum atomic E-state index is 12.9. The molecule has 1 aromatic heterocycles. The fourth-order valence-electron chi connectivity index (χ4n) is 3.19. The molecule has 2 heterocycles. The second-order valence-electron chi connectivity index (χ2n) is 6.70. The molecule has 0 atom stereocenters. The lowest BCUT2D eigenvalue weighted by Crippen LogP contribution is -2.49. The monoisotopic (exact) mass is 379 g/mol. The van der Waals surface area contributed by atoms with Crippen LogP contribution in [0.5, 0.6) is 0 Å². The number of aromatic amines is 1. The average molecular weight is 379 g/mol. The lowest BCUT2D eigenvalue weighted by molar-refractivity contribution is -0.137. The van der Waals surface area contributed by atoms with Crippen molar-refractivity contribution in [3.8, 4) is 0 Å². The number of anilines is 1. The highest BCUT2D eigenvalue weighted by molar-refractivity contribution is 5.94. The molecule has 3 rings (SSSR count). The van der Waals surface area contributed by atoms with Crippen molar-refractivity contribution in [1.29, 1.82) is 0 Å². The van der Waals surface area contributed by atoms with Gasteiger partial charge in [0.25, 0.3) is 11.5 Å². The van der Waals surface area contributed by atoms with Crippen molar-refractivity contribution < 1.29 is 18.0 Å². The molecule has 0 bridgehead atoms. The number of aryl methyl sites for hydroxylation is 2. The number of piperazine rings is 1. The Morgan fingerprint density at radius 3 is 2.37 bits per heavy atom. The first-order chi connectivity index (χ1) is 12.7. The van der Waals surface area contributed by atoms with Crippen LogP contribution in [0.3, 0.4) is 0 Å². The molecule has 0 aliphatic carbocycles. The quantitative estimate of drug-likeness (QED) is 0.873. The van der Waals surface area contributed by atoms with Crippen molar-refractivity contribution in [2.45, 2.75) is 20.0 Å². The fraction of sp³-hybridized carbons (Fsp3) is 0.368. The molecule has 0 radical (unpaired) electrons. The van der Waals surface area contributed by atoms with Crippen LogP contribution in [0.4, 0.5) is 18.9 Å². The summed E-state index contributed by atoms with van der Waals surface area (Å²) < 4.78 is 38.6. The van der Waals surface area contributed by atoms with E-state index in [1.807, 2.05) is 31.0 Å². The number of aromatic nitrogens is 1. The molecule has 27 heavy (non-hydrogen) atoms. The van der Waals surface area contributed by atoms with Gasteiger partial charge < -0.3 is 14.8 Å². The molecule has 1 amide bonds. The van der Waals surface area contributed by atoms with Gasteiger partial charge in [-0.25, -0.2) is 0 Å². The zero-order chi connectivity index (χ0) is 19.8. The maximum absolute atomic E-state index is 12.9. The van der Waals surface area contributed by atoms with E-state index in [1.165, 1.54) is 4.90 Å². The first kappa shape index (κ1) is 19.0. The average Bonchev–Trinajstić information content (AvgIpc) is 2.63. The van der Waals surface area contributed by atoms with E-state index in [-0.39, 0.29) is 0 Å². The summed E-state index contributed by atoms with van der Waals surface area (Å²) >= 11 is 0. The minimum atomic E-state index is -4.62. The third kappa shape index (κ3) is 3.99. The van der Waals surface area contributed by atoms with Crippen molar-refractivity contribution in [2.24, 2.45) is 0 Å². The Morgan fingerprint density at radius 2 is 1.74 bits per heavy atom. The van der Waals surface area contributed by atoms with E-state index in [2.05, 4.69) is 11.0 Å². The molecule has 1 aliphatic rings. The first-order valence-corrected chi connectivity index (χ1v) is 8.58. The zero-order valence-electron chi connectivity index (χ0n) is 15.1. The van der Waals surface area contributed by atoms with E-state index in [0.29, 0.717) is 38.4 Å². The number of carbonyl (C=O) groups is 1. The number of nitrogens with zero attached hydrogens (tertiary/aromatic N) is 2. The molecule has 1 fully saturated rings. The van der Waals surface area contributed by atoms with Crippen LogP contribution in [0, 0.1) is 13.8 Å². The predicted molar refractivity (Wildman–Crippen MR) is 96.1 cm³/mol. The molecule has 1 N–H and O–H groups in total. The van der Waals surface area contributed by atoms with E-state index >= 15 is 0 Å². The Balaban J connectivity index is 1.76. The second kappa shape index (κ2) is 7.09. The Hall–Kier alpha value is -2.77. The van der Waals surface area contributed by atoms with Crippen LogP contribution in [-0.4, -0.2) is 42.0 Å². The highest BCUT2D eigenvalue weighted by atomic mass is 19.4. The van der Waals surface area contributed by atoms with Crippen LogP contribution >= 0.6 is 0 Å². The summed E-state index contributed by atoms with van der Waals surface area (Å²) in [5, 5.41) is 0. The topological polar surface area (TPSA) is 56.4 Å². The van der Waals surface area contributed by atoms with Crippen LogP contribution in [0.2, 0.25) is 0 Å². The molecule has 8 heteroatoms. The summed E-state index contributed by atoms with van der Waals surface area (Å²) in [4.78, 5) is 30.0. The van der Waals surface area contributed by atoms with Crippen molar-refractivity contribution in [3.05, 3.63) is 63.1 Å². The van der Waals surface area contributed by atoms with Gasteiger partial charge in [-0.1, -0.05) is 12.1 Å². The first-order valence-electron chi connectivity index (χ1n) is 8.58. The zero-order valence-corrected chi connectivity index (χ0v) is 15.1. The van der Waals surface area contributed by atoms with Gasteiger partial charge in [0.1, 0.15) is 5.56 Å².